The number of rotatable bonds is 7. The minimum Gasteiger partial charge on any atom is -0.480 e. The Balaban J connectivity index is 2.64. The summed E-state index contributed by atoms with van der Waals surface area (Å²) in [5.74, 6) is -1.87. The number of amides is 1. The number of aliphatic hydroxyl groups is 1. The van der Waals surface area contributed by atoms with Gasteiger partial charge in [-0.1, -0.05) is 0 Å². The first kappa shape index (κ1) is 16.3. The first-order valence-electron chi connectivity index (χ1n) is 6.00. The van der Waals surface area contributed by atoms with E-state index in [2.05, 4.69) is 5.32 Å². The highest BCUT2D eigenvalue weighted by Gasteiger charge is 2.17. The summed E-state index contributed by atoms with van der Waals surface area (Å²) in [6.45, 7) is -0.358. The Morgan fingerprint density at radius 3 is 2.43 bits per heavy atom. The molecule has 0 heterocycles. The zero-order valence-electron chi connectivity index (χ0n) is 10.9. The molecule has 0 unspecified atom stereocenters. The molecular weight excluding hydrogens is 280 g/mol. The molecule has 0 fully saturated rings. The van der Waals surface area contributed by atoms with E-state index in [-0.39, 0.29) is 18.7 Å². The van der Waals surface area contributed by atoms with Gasteiger partial charge in [-0.05, 0) is 23.8 Å². The minimum absolute atomic E-state index is 0.0644. The molecule has 0 aliphatic heterocycles. The van der Waals surface area contributed by atoms with Crippen molar-refractivity contribution in [1.29, 1.82) is 0 Å². The molecule has 0 saturated carbocycles. The van der Waals surface area contributed by atoms with E-state index in [4.69, 9.17) is 10.2 Å². The Morgan fingerprint density at radius 2 is 1.95 bits per heavy atom. The first-order valence-corrected chi connectivity index (χ1v) is 6.00. The first-order chi connectivity index (χ1) is 9.93. The normalized spacial score (nSPS) is 12.0. The minimum atomic E-state index is -1.24. The van der Waals surface area contributed by atoms with Gasteiger partial charge in [-0.3, -0.25) is 14.9 Å². The van der Waals surface area contributed by atoms with Crippen LogP contribution in [-0.2, 0) is 9.59 Å². The molecule has 0 aliphatic rings. The molecule has 1 aromatic carbocycles. The Bertz CT molecular complexity index is 552. The fourth-order valence-electron chi connectivity index (χ4n) is 1.49. The van der Waals surface area contributed by atoms with Crippen molar-refractivity contribution in [3.05, 3.63) is 46.0 Å². The van der Waals surface area contributed by atoms with E-state index in [1.165, 1.54) is 30.3 Å². The molecule has 1 atom stereocenters. The van der Waals surface area contributed by atoms with Crippen LogP contribution in [0.4, 0.5) is 5.69 Å². The molecule has 0 bridgehead atoms. The van der Waals surface area contributed by atoms with Crippen LogP contribution in [0.1, 0.15) is 12.0 Å². The third kappa shape index (κ3) is 5.41. The highest BCUT2D eigenvalue weighted by molar-refractivity contribution is 5.94. The van der Waals surface area contributed by atoms with Crippen molar-refractivity contribution >= 4 is 23.6 Å². The van der Waals surface area contributed by atoms with Crippen molar-refractivity contribution in [2.45, 2.75) is 12.5 Å². The molecular formula is C13H14N2O6. The molecule has 1 aromatic rings. The standard InChI is InChI=1S/C13H14N2O6/c16-8-7-11(13(18)19)14-12(17)6-3-9-1-4-10(5-2-9)15(20)21/h1-6,11,16H,7-8H2,(H,14,17)(H,18,19)/b6-3+/t11-/m1/s1. The molecule has 0 radical (unpaired) electrons. The van der Waals surface area contributed by atoms with Gasteiger partial charge in [-0.25, -0.2) is 4.79 Å². The largest absolute Gasteiger partial charge is 0.480 e. The fraction of sp³-hybridized carbons (Fsp3) is 0.231. The molecule has 3 N–H and O–H groups in total. The number of carbonyl (C=O) groups is 2. The monoisotopic (exact) mass is 294 g/mol. The van der Waals surface area contributed by atoms with Gasteiger partial charge >= 0.3 is 5.97 Å². The number of non-ortho nitro benzene ring substituents is 1. The van der Waals surface area contributed by atoms with Crippen LogP contribution in [0.5, 0.6) is 0 Å². The number of hydrogen-bond donors (Lipinski definition) is 3. The molecule has 8 heteroatoms. The van der Waals surface area contributed by atoms with E-state index in [0.717, 1.165) is 6.08 Å². The average molecular weight is 294 g/mol. The van der Waals surface area contributed by atoms with Gasteiger partial charge in [0, 0.05) is 31.2 Å². The lowest BCUT2D eigenvalue weighted by atomic mass is 10.2. The summed E-state index contributed by atoms with van der Waals surface area (Å²) in [5.41, 5.74) is 0.496. The lowest BCUT2D eigenvalue weighted by Gasteiger charge is -2.11. The number of carbonyl (C=O) groups excluding carboxylic acids is 1. The summed E-state index contributed by atoms with van der Waals surface area (Å²) in [5, 5.41) is 30.2. The van der Waals surface area contributed by atoms with Gasteiger partial charge in [0.25, 0.3) is 5.69 Å². The Labute approximate surface area is 119 Å². The number of carboxylic acid groups (broad SMARTS) is 1. The van der Waals surface area contributed by atoms with Gasteiger partial charge in [0.2, 0.25) is 5.91 Å². The average Bonchev–Trinajstić information content (AvgIpc) is 2.45. The topological polar surface area (TPSA) is 130 Å². The molecule has 0 aliphatic carbocycles. The summed E-state index contributed by atoms with van der Waals surface area (Å²) in [7, 11) is 0. The van der Waals surface area contributed by atoms with Crippen LogP contribution in [-0.4, -0.2) is 39.7 Å². The second kappa shape index (κ2) is 7.75. The Hall–Kier alpha value is -2.74. The van der Waals surface area contributed by atoms with Crippen LogP contribution < -0.4 is 5.32 Å². The van der Waals surface area contributed by atoms with Gasteiger partial charge in [-0.2, -0.15) is 0 Å². The number of carboxylic acids is 1. The summed E-state index contributed by atoms with van der Waals surface area (Å²) in [6.07, 6.45) is 2.43. The maximum atomic E-state index is 11.5. The van der Waals surface area contributed by atoms with E-state index in [0.29, 0.717) is 5.56 Å². The number of hydrogen-bond acceptors (Lipinski definition) is 5. The summed E-state index contributed by atoms with van der Waals surface area (Å²) < 4.78 is 0. The van der Waals surface area contributed by atoms with E-state index < -0.39 is 22.8 Å². The van der Waals surface area contributed by atoms with E-state index in [1.54, 1.807) is 0 Å². The molecule has 8 nitrogen and oxygen atoms in total. The van der Waals surface area contributed by atoms with E-state index in [1.807, 2.05) is 0 Å². The number of benzene rings is 1. The second-order valence-electron chi connectivity index (χ2n) is 4.09. The van der Waals surface area contributed by atoms with Crippen LogP contribution in [0.25, 0.3) is 6.08 Å². The van der Waals surface area contributed by atoms with Crippen LogP contribution in [0.3, 0.4) is 0 Å². The maximum absolute atomic E-state index is 11.5. The predicted molar refractivity (Wildman–Crippen MR) is 73.4 cm³/mol. The molecule has 112 valence electrons. The van der Waals surface area contributed by atoms with Crippen LogP contribution >= 0.6 is 0 Å². The van der Waals surface area contributed by atoms with Crippen LogP contribution in [0, 0.1) is 10.1 Å². The third-order valence-electron chi connectivity index (χ3n) is 2.56. The van der Waals surface area contributed by atoms with Crippen LogP contribution in [0.15, 0.2) is 30.3 Å². The van der Waals surface area contributed by atoms with Gasteiger partial charge in [0.15, 0.2) is 0 Å². The fourth-order valence-corrected chi connectivity index (χ4v) is 1.49. The number of nitrogens with zero attached hydrogens (tertiary/aromatic N) is 1. The lowest BCUT2D eigenvalue weighted by Crippen LogP contribution is -2.40. The van der Waals surface area contributed by atoms with Crippen molar-refractivity contribution in [2.24, 2.45) is 0 Å². The van der Waals surface area contributed by atoms with Crippen molar-refractivity contribution in [1.82, 2.24) is 5.32 Å². The van der Waals surface area contributed by atoms with Gasteiger partial charge < -0.3 is 15.5 Å². The zero-order chi connectivity index (χ0) is 15.8. The van der Waals surface area contributed by atoms with Crippen molar-refractivity contribution < 1.29 is 24.7 Å². The molecule has 21 heavy (non-hydrogen) atoms. The summed E-state index contributed by atoms with van der Waals surface area (Å²) in [4.78, 5) is 32.3. The smallest absolute Gasteiger partial charge is 0.326 e. The lowest BCUT2D eigenvalue weighted by molar-refractivity contribution is -0.384. The van der Waals surface area contributed by atoms with E-state index in [9.17, 15) is 19.7 Å². The summed E-state index contributed by atoms with van der Waals surface area (Å²) in [6, 6.07) is 4.35. The summed E-state index contributed by atoms with van der Waals surface area (Å²) >= 11 is 0. The number of aliphatic hydroxyl groups excluding tert-OH is 1. The zero-order valence-corrected chi connectivity index (χ0v) is 10.9. The SMILES string of the molecule is O=C(/C=C/c1ccc([N+](=O)[O-])cc1)N[C@H](CCO)C(=O)O. The molecule has 0 aromatic heterocycles. The van der Waals surface area contributed by atoms with Crippen molar-refractivity contribution in [3.8, 4) is 0 Å². The number of nitro benzene ring substituents is 1. The quantitative estimate of drug-likeness (QED) is 0.382. The van der Waals surface area contributed by atoms with Gasteiger partial charge in [-0.15, -0.1) is 0 Å². The van der Waals surface area contributed by atoms with Crippen LogP contribution in [0.2, 0.25) is 0 Å². The molecule has 0 spiro atoms. The van der Waals surface area contributed by atoms with E-state index >= 15 is 0 Å². The second-order valence-corrected chi connectivity index (χ2v) is 4.09. The maximum Gasteiger partial charge on any atom is 0.326 e. The highest BCUT2D eigenvalue weighted by Crippen LogP contribution is 2.12. The van der Waals surface area contributed by atoms with Crippen molar-refractivity contribution in [2.75, 3.05) is 6.61 Å². The Kier molecular flexibility index (Phi) is 6.02. The molecule has 0 saturated heterocycles. The van der Waals surface area contributed by atoms with Gasteiger partial charge in [0.1, 0.15) is 6.04 Å². The predicted octanol–water partition coefficient (Wildman–Crippen LogP) is 0.560. The van der Waals surface area contributed by atoms with Crippen molar-refractivity contribution in [3.63, 3.8) is 0 Å². The number of aliphatic carboxylic acids is 1. The Morgan fingerprint density at radius 1 is 1.33 bits per heavy atom. The third-order valence-corrected chi connectivity index (χ3v) is 2.56. The molecule has 1 rings (SSSR count). The number of nitrogens with one attached hydrogen (secondary N) is 1. The highest BCUT2D eigenvalue weighted by atomic mass is 16.6. The molecule has 1 amide bonds. The van der Waals surface area contributed by atoms with Gasteiger partial charge in [0.05, 0.1) is 4.92 Å². The number of nitro groups is 1.